The van der Waals surface area contributed by atoms with Crippen molar-refractivity contribution in [3.8, 4) is 0 Å². The molecule has 20 heavy (non-hydrogen) atoms. The fraction of sp³-hybridized carbons (Fsp3) is 0.357. The molecule has 0 unspecified atom stereocenters. The largest absolute Gasteiger partial charge is 0.481 e. The van der Waals surface area contributed by atoms with E-state index in [4.69, 9.17) is 5.11 Å². The van der Waals surface area contributed by atoms with E-state index in [1.165, 1.54) is 0 Å². The van der Waals surface area contributed by atoms with E-state index in [2.05, 4.69) is 15.1 Å². The highest BCUT2D eigenvalue weighted by Gasteiger charge is 2.11. The van der Waals surface area contributed by atoms with Gasteiger partial charge in [0.2, 0.25) is 0 Å². The van der Waals surface area contributed by atoms with Crippen LogP contribution in [-0.2, 0) is 18.4 Å². The van der Waals surface area contributed by atoms with Gasteiger partial charge in [-0.1, -0.05) is 18.2 Å². The van der Waals surface area contributed by atoms with E-state index >= 15 is 0 Å². The summed E-state index contributed by atoms with van der Waals surface area (Å²) < 4.78 is 1.87. The third-order valence-corrected chi connectivity index (χ3v) is 3.08. The van der Waals surface area contributed by atoms with Crippen molar-refractivity contribution in [2.24, 2.45) is 7.05 Å². The van der Waals surface area contributed by atoms with Gasteiger partial charge in [-0.3, -0.25) is 4.79 Å². The summed E-state index contributed by atoms with van der Waals surface area (Å²) >= 11 is 0. The Morgan fingerprint density at radius 3 is 2.70 bits per heavy atom. The Morgan fingerprint density at radius 2 is 2.10 bits per heavy atom. The molecule has 0 radical (unpaired) electrons. The highest BCUT2D eigenvalue weighted by Crippen LogP contribution is 2.16. The van der Waals surface area contributed by atoms with Crippen LogP contribution in [0.25, 0.3) is 0 Å². The normalized spacial score (nSPS) is 10.4. The minimum Gasteiger partial charge on any atom is -0.481 e. The summed E-state index contributed by atoms with van der Waals surface area (Å²) in [6, 6.07) is 9.92. The molecular weight excluding hydrogens is 256 g/mol. The molecule has 0 spiro atoms. The number of carboxylic acids is 1. The van der Waals surface area contributed by atoms with Crippen LogP contribution >= 0.6 is 0 Å². The number of carboxylic acid groups (broad SMARTS) is 1. The minimum atomic E-state index is -0.767. The number of anilines is 1. The zero-order chi connectivity index (χ0) is 14.4. The maximum Gasteiger partial charge on any atom is 0.303 e. The van der Waals surface area contributed by atoms with Crippen LogP contribution in [-0.4, -0.2) is 32.4 Å². The molecule has 0 aliphatic carbocycles. The Bertz CT molecular complexity index is 553. The van der Waals surface area contributed by atoms with Gasteiger partial charge in [0, 0.05) is 25.7 Å². The lowest BCUT2D eigenvalue weighted by molar-refractivity contribution is -0.137. The SMILES string of the molecule is Cn1cnnc1CN(CCCC(=O)O)c1ccccc1. The lowest BCUT2D eigenvalue weighted by Gasteiger charge is -2.24. The van der Waals surface area contributed by atoms with E-state index in [0.717, 1.165) is 11.5 Å². The van der Waals surface area contributed by atoms with Crippen LogP contribution in [0.3, 0.4) is 0 Å². The van der Waals surface area contributed by atoms with Gasteiger partial charge < -0.3 is 14.6 Å². The molecule has 0 saturated carbocycles. The Labute approximate surface area is 117 Å². The predicted molar refractivity (Wildman–Crippen MR) is 75.4 cm³/mol. The highest BCUT2D eigenvalue weighted by atomic mass is 16.4. The molecule has 106 valence electrons. The van der Waals surface area contributed by atoms with Crippen molar-refractivity contribution in [3.05, 3.63) is 42.5 Å². The van der Waals surface area contributed by atoms with Gasteiger partial charge in [0.05, 0.1) is 6.54 Å². The summed E-state index contributed by atoms with van der Waals surface area (Å²) in [7, 11) is 1.90. The summed E-state index contributed by atoms with van der Waals surface area (Å²) in [6.07, 6.45) is 2.43. The smallest absolute Gasteiger partial charge is 0.303 e. The summed E-state index contributed by atoms with van der Waals surface area (Å²) in [5, 5.41) is 16.7. The average Bonchev–Trinajstić information content (AvgIpc) is 2.84. The maximum absolute atomic E-state index is 10.6. The van der Waals surface area contributed by atoms with Crippen molar-refractivity contribution < 1.29 is 9.90 Å². The molecule has 1 N–H and O–H groups in total. The number of carbonyl (C=O) groups is 1. The average molecular weight is 274 g/mol. The Morgan fingerprint density at radius 1 is 1.35 bits per heavy atom. The van der Waals surface area contributed by atoms with Crippen molar-refractivity contribution in [2.75, 3.05) is 11.4 Å². The first kappa shape index (κ1) is 14.0. The number of aryl methyl sites for hydroxylation is 1. The lowest BCUT2D eigenvalue weighted by atomic mass is 10.2. The molecule has 1 aromatic heterocycles. The molecule has 0 saturated heterocycles. The number of hydrogen-bond donors (Lipinski definition) is 1. The molecule has 0 atom stereocenters. The van der Waals surface area contributed by atoms with Gasteiger partial charge in [-0.25, -0.2) is 0 Å². The lowest BCUT2D eigenvalue weighted by Crippen LogP contribution is -2.26. The van der Waals surface area contributed by atoms with Crippen LogP contribution in [0.1, 0.15) is 18.7 Å². The molecule has 1 aromatic carbocycles. The quantitative estimate of drug-likeness (QED) is 0.832. The minimum absolute atomic E-state index is 0.169. The Hall–Kier alpha value is -2.37. The summed E-state index contributed by atoms with van der Waals surface area (Å²) in [4.78, 5) is 12.8. The van der Waals surface area contributed by atoms with Crippen LogP contribution in [0, 0.1) is 0 Å². The van der Waals surface area contributed by atoms with Crippen molar-refractivity contribution in [3.63, 3.8) is 0 Å². The zero-order valence-electron chi connectivity index (χ0n) is 11.4. The second kappa shape index (κ2) is 6.70. The van der Waals surface area contributed by atoms with Crippen LogP contribution < -0.4 is 4.90 Å². The molecule has 0 fully saturated rings. The van der Waals surface area contributed by atoms with Crippen LogP contribution in [0.4, 0.5) is 5.69 Å². The molecule has 2 rings (SSSR count). The molecule has 6 heteroatoms. The standard InChI is InChI=1S/C14H18N4O2/c1-17-11-15-16-13(17)10-18(9-5-8-14(19)20)12-6-3-2-4-7-12/h2-4,6-7,11H,5,8-10H2,1H3,(H,19,20). The van der Waals surface area contributed by atoms with E-state index < -0.39 is 5.97 Å². The van der Waals surface area contributed by atoms with Gasteiger partial charge in [0.15, 0.2) is 5.82 Å². The second-order valence-corrected chi connectivity index (χ2v) is 4.61. The van der Waals surface area contributed by atoms with Gasteiger partial charge in [0.1, 0.15) is 6.33 Å². The zero-order valence-corrected chi connectivity index (χ0v) is 11.4. The number of benzene rings is 1. The summed E-state index contributed by atoms with van der Waals surface area (Å²) in [6.45, 7) is 1.28. The number of aliphatic carboxylic acids is 1. The van der Waals surface area contributed by atoms with Crippen LogP contribution in [0.2, 0.25) is 0 Å². The maximum atomic E-state index is 10.6. The van der Waals surface area contributed by atoms with E-state index in [0.29, 0.717) is 19.5 Å². The van der Waals surface area contributed by atoms with Crippen LogP contribution in [0.5, 0.6) is 0 Å². The third-order valence-electron chi connectivity index (χ3n) is 3.08. The molecule has 2 aromatic rings. The first-order valence-electron chi connectivity index (χ1n) is 6.51. The van der Waals surface area contributed by atoms with Gasteiger partial charge in [-0.05, 0) is 18.6 Å². The highest BCUT2D eigenvalue weighted by molar-refractivity contribution is 5.66. The monoisotopic (exact) mass is 274 g/mol. The molecule has 0 amide bonds. The first-order valence-corrected chi connectivity index (χ1v) is 6.51. The molecule has 6 nitrogen and oxygen atoms in total. The van der Waals surface area contributed by atoms with Gasteiger partial charge in [-0.2, -0.15) is 0 Å². The van der Waals surface area contributed by atoms with Crippen molar-refractivity contribution >= 4 is 11.7 Å². The number of aromatic nitrogens is 3. The number of hydrogen-bond acceptors (Lipinski definition) is 4. The van der Waals surface area contributed by atoms with Crippen LogP contribution in [0.15, 0.2) is 36.7 Å². The fourth-order valence-electron chi connectivity index (χ4n) is 1.98. The second-order valence-electron chi connectivity index (χ2n) is 4.61. The van der Waals surface area contributed by atoms with Crippen molar-refractivity contribution in [1.29, 1.82) is 0 Å². The van der Waals surface area contributed by atoms with E-state index in [1.54, 1.807) is 6.33 Å². The van der Waals surface area contributed by atoms with Gasteiger partial charge in [0.25, 0.3) is 0 Å². The van der Waals surface area contributed by atoms with E-state index in [-0.39, 0.29) is 6.42 Å². The predicted octanol–water partition coefficient (Wildman–Crippen LogP) is 1.69. The summed E-state index contributed by atoms with van der Waals surface area (Å²) in [5.41, 5.74) is 1.06. The first-order chi connectivity index (χ1) is 9.66. The number of para-hydroxylation sites is 1. The Kier molecular flexibility index (Phi) is 4.70. The molecule has 0 aliphatic heterocycles. The van der Waals surface area contributed by atoms with Gasteiger partial charge >= 0.3 is 5.97 Å². The van der Waals surface area contributed by atoms with Gasteiger partial charge in [-0.15, -0.1) is 10.2 Å². The van der Waals surface area contributed by atoms with Crippen molar-refractivity contribution in [1.82, 2.24) is 14.8 Å². The molecular formula is C14H18N4O2. The molecule has 0 bridgehead atoms. The topological polar surface area (TPSA) is 71.2 Å². The van der Waals surface area contributed by atoms with E-state index in [9.17, 15) is 4.79 Å². The fourth-order valence-corrected chi connectivity index (χ4v) is 1.98. The number of rotatable bonds is 7. The van der Waals surface area contributed by atoms with Crippen molar-refractivity contribution in [2.45, 2.75) is 19.4 Å². The molecule has 0 aliphatic rings. The number of nitrogens with zero attached hydrogens (tertiary/aromatic N) is 4. The molecule has 1 heterocycles. The van der Waals surface area contributed by atoms with E-state index in [1.807, 2.05) is 41.9 Å². The summed E-state index contributed by atoms with van der Waals surface area (Å²) in [5.74, 6) is 0.0841. The Balaban J connectivity index is 2.08. The third kappa shape index (κ3) is 3.81.